The number of aldehydes is 1. The highest BCUT2D eigenvalue weighted by molar-refractivity contribution is 6.30. The van der Waals surface area contributed by atoms with Crippen LogP contribution in [0.25, 0.3) is 0 Å². The Hall–Kier alpha value is -2.07. The largest absolute Gasteiger partial charge is 0.356 e. The summed E-state index contributed by atoms with van der Waals surface area (Å²) < 4.78 is 0. The van der Waals surface area contributed by atoms with Gasteiger partial charge in [-0.3, -0.25) is 9.59 Å². The van der Waals surface area contributed by atoms with Crippen molar-refractivity contribution >= 4 is 29.5 Å². The molecule has 4 nitrogen and oxygen atoms in total. The lowest BCUT2D eigenvalue weighted by molar-refractivity contribution is 0.102. The van der Waals surface area contributed by atoms with Crippen LogP contribution >= 0.6 is 11.6 Å². The third kappa shape index (κ3) is 2.73. The number of amides is 1. The number of rotatable bonds is 3. The first-order valence-electron chi connectivity index (χ1n) is 4.89. The Bertz CT molecular complexity index is 546. The monoisotopic (exact) mass is 248 g/mol. The molecule has 17 heavy (non-hydrogen) atoms. The standard InChI is InChI=1S/C12H9ClN2O2/c13-9-1-3-10(4-2-9)15-12(17)11-5-8(7-16)6-14-11/h1-7,14H,(H,15,17). The van der Waals surface area contributed by atoms with Crippen molar-refractivity contribution in [3.8, 4) is 0 Å². The summed E-state index contributed by atoms with van der Waals surface area (Å²) in [6.07, 6.45) is 2.15. The molecule has 1 aromatic heterocycles. The number of aromatic nitrogens is 1. The first-order chi connectivity index (χ1) is 8.19. The Morgan fingerprint density at radius 1 is 1.29 bits per heavy atom. The van der Waals surface area contributed by atoms with E-state index >= 15 is 0 Å². The first-order valence-corrected chi connectivity index (χ1v) is 5.27. The number of benzene rings is 1. The van der Waals surface area contributed by atoms with Crippen molar-refractivity contribution in [3.05, 3.63) is 52.8 Å². The number of halogens is 1. The third-order valence-corrected chi connectivity index (χ3v) is 2.44. The van der Waals surface area contributed by atoms with Gasteiger partial charge in [0.25, 0.3) is 5.91 Å². The van der Waals surface area contributed by atoms with Gasteiger partial charge >= 0.3 is 0 Å². The van der Waals surface area contributed by atoms with E-state index in [1.165, 1.54) is 12.3 Å². The van der Waals surface area contributed by atoms with Gasteiger partial charge in [-0.2, -0.15) is 0 Å². The van der Waals surface area contributed by atoms with Crippen LogP contribution in [0.4, 0.5) is 5.69 Å². The molecule has 0 unspecified atom stereocenters. The molecule has 5 heteroatoms. The van der Waals surface area contributed by atoms with Gasteiger partial charge < -0.3 is 10.3 Å². The van der Waals surface area contributed by atoms with E-state index in [2.05, 4.69) is 10.3 Å². The maximum absolute atomic E-state index is 11.7. The highest BCUT2D eigenvalue weighted by Crippen LogP contribution is 2.14. The van der Waals surface area contributed by atoms with E-state index in [0.717, 1.165) is 0 Å². The van der Waals surface area contributed by atoms with Gasteiger partial charge in [0.15, 0.2) is 6.29 Å². The predicted octanol–water partition coefficient (Wildman–Crippen LogP) is 2.73. The minimum absolute atomic E-state index is 0.305. The van der Waals surface area contributed by atoms with Gasteiger partial charge in [0.2, 0.25) is 0 Å². The van der Waals surface area contributed by atoms with Crippen molar-refractivity contribution in [1.82, 2.24) is 4.98 Å². The van der Waals surface area contributed by atoms with Crippen molar-refractivity contribution in [1.29, 1.82) is 0 Å². The van der Waals surface area contributed by atoms with E-state index in [1.54, 1.807) is 24.3 Å². The van der Waals surface area contributed by atoms with Crippen molar-refractivity contribution in [3.63, 3.8) is 0 Å². The fourth-order valence-corrected chi connectivity index (χ4v) is 1.47. The number of carbonyl (C=O) groups excluding carboxylic acids is 2. The molecule has 0 fully saturated rings. The van der Waals surface area contributed by atoms with Gasteiger partial charge in [0.05, 0.1) is 0 Å². The lowest BCUT2D eigenvalue weighted by Crippen LogP contribution is -2.11. The van der Waals surface area contributed by atoms with Gasteiger partial charge in [-0.15, -0.1) is 0 Å². The third-order valence-electron chi connectivity index (χ3n) is 2.19. The number of hydrogen-bond acceptors (Lipinski definition) is 2. The zero-order chi connectivity index (χ0) is 12.3. The molecule has 0 spiro atoms. The summed E-state index contributed by atoms with van der Waals surface area (Å²) in [4.78, 5) is 24.9. The van der Waals surface area contributed by atoms with Crippen molar-refractivity contribution in [2.45, 2.75) is 0 Å². The van der Waals surface area contributed by atoms with Crippen LogP contribution in [-0.2, 0) is 0 Å². The van der Waals surface area contributed by atoms with E-state index in [9.17, 15) is 9.59 Å². The van der Waals surface area contributed by atoms with Crippen LogP contribution in [0.2, 0.25) is 5.02 Å². The smallest absolute Gasteiger partial charge is 0.272 e. The molecule has 2 rings (SSSR count). The maximum atomic E-state index is 11.7. The molecule has 0 bridgehead atoms. The summed E-state index contributed by atoms with van der Waals surface area (Å²) in [6, 6.07) is 8.25. The van der Waals surface area contributed by atoms with Gasteiger partial charge in [0, 0.05) is 22.5 Å². The zero-order valence-electron chi connectivity index (χ0n) is 8.74. The molecule has 0 atom stereocenters. The first kappa shape index (κ1) is 11.4. The van der Waals surface area contributed by atoms with E-state index < -0.39 is 0 Å². The second-order valence-electron chi connectivity index (χ2n) is 3.43. The van der Waals surface area contributed by atoms with Gasteiger partial charge in [-0.25, -0.2) is 0 Å². The predicted molar refractivity (Wildman–Crippen MR) is 65.6 cm³/mol. The molecule has 2 aromatic rings. The van der Waals surface area contributed by atoms with E-state index in [-0.39, 0.29) is 5.91 Å². The molecule has 0 saturated heterocycles. The molecule has 2 N–H and O–H groups in total. The molecule has 1 aromatic carbocycles. The summed E-state index contributed by atoms with van der Waals surface area (Å²) >= 11 is 5.73. The minimum atomic E-state index is -0.305. The molecule has 0 aliphatic heterocycles. The fraction of sp³-hybridized carbons (Fsp3) is 0. The van der Waals surface area contributed by atoms with Gasteiger partial charge in [0.1, 0.15) is 5.69 Å². The average molecular weight is 249 g/mol. The molecule has 86 valence electrons. The summed E-state index contributed by atoms with van der Waals surface area (Å²) in [6.45, 7) is 0. The topological polar surface area (TPSA) is 62.0 Å². The van der Waals surface area contributed by atoms with Gasteiger partial charge in [-0.05, 0) is 30.3 Å². The SMILES string of the molecule is O=Cc1c[nH]c(C(=O)Nc2ccc(Cl)cc2)c1. The summed E-state index contributed by atoms with van der Waals surface area (Å²) in [5.41, 5.74) is 1.41. The van der Waals surface area contributed by atoms with Crippen molar-refractivity contribution < 1.29 is 9.59 Å². The number of aromatic amines is 1. The lowest BCUT2D eigenvalue weighted by atomic mass is 10.3. The summed E-state index contributed by atoms with van der Waals surface area (Å²) in [5, 5.41) is 3.28. The Morgan fingerprint density at radius 3 is 2.59 bits per heavy atom. The Balaban J connectivity index is 2.11. The van der Waals surface area contributed by atoms with Crippen molar-refractivity contribution in [2.24, 2.45) is 0 Å². The van der Waals surface area contributed by atoms with Crippen molar-refractivity contribution in [2.75, 3.05) is 5.32 Å². The second-order valence-corrected chi connectivity index (χ2v) is 3.86. The molecular formula is C12H9ClN2O2. The number of H-pyrrole nitrogens is 1. The normalized spacial score (nSPS) is 9.94. The minimum Gasteiger partial charge on any atom is -0.356 e. The number of carbonyl (C=O) groups is 2. The Morgan fingerprint density at radius 2 is 2.00 bits per heavy atom. The maximum Gasteiger partial charge on any atom is 0.272 e. The van der Waals surface area contributed by atoms with Crippen LogP contribution < -0.4 is 5.32 Å². The number of anilines is 1. The molecule has 1 amide bonds. The zero-order valence-corrected chi connectivity index (χ0v) is 9.49. The van der Waals surface area contributed by atoms with E-state index in [1.807, 2.05) is 0 Å². The molecule has 0 aliphatic rings. The Labute approximate surface area is 103 Å². The van der Waals surface area contributed by atoms with Crippen LogP contribution in [0.15, 0.2) is 36.5 Å². The fourth-order valence-electron chi connectivity index (χ4n) is 1.34. The van der Waals surface area contributed by atoms with E-state index in [4.69, 9.17) is 11.6 Å². The molecule has 0 radical (unpaired) electrons. The number of nitrogens with one attached hydrogen (secondary N) is 2. The second kappa shape index (κ2) is 4.84. The highest BCUT2D eigenvalue weighted by Gasteiger charge is 2.08. The highest BCUT2D eigenvalue weighted by atomic mass is 35.5. The van der Waals surface area contributed by atoms with Crippen LogP contribution in [0.5, 0.6) is 0 Å². The molecule has 0 aliphatic carbocycles. The van der Waals surface area contributed by atoms with Crippen LogP contribution in [-0.4, -0.2) is 17.2 Å². The van der Waals surface area contributed by atoms with Crippen LogP contribution in [0.3, 0.4) is 0 Å². The molecule has 1 heterocycles. The number of hydrogen-bond donors (Lipinski definition) is 2. The van der Waals surface area contributed by atoms with Gasteiger partial charge in [-0.1, -0.05) is 11.6 Å². The van der Waals surface area contributed by atoms with E-state index in [0.29, 0.717) is 28.3 Å². The summed E-state index contributed by atoms with van der Waals surface area (Å²) in [7, 11) is 0. The molecule has 0 saturated carbocycles. The van der Waals surface area contributed by atoms with Crippen LogP contribution in [0, 0.1) is 0 Å². The molecular weight excluding hydrogens is 240 g/mol. The lowest BCUT2D eigenvalue weighted by Gasteiger charge is -2.03. The van der Waals surface area contributed by atoms with Crippen LogP contribution in [0.1, 0.15) is 20.8 Å². The summed E-state index contributed by atoms with van der Waals surface area (Å²) in [5.74, 6) is -0.305. The Kier molecular flexibility index (Phi) is 3.25. The average Bonchev–Trinajstić information content (AvgIpc) is 2.81. The quantitative estimate of drug-likeness (QED) is 0.821.